The van der Waals surface area contributed by atoms with Crippen LogP contribution in [0.4, 0.5) is 5.88 Å². The number of nitrogens with one attached hydrogen (secondary N) is 1. The van der Waals surface area contributed by atoms with Gasteiger partial charge in [0.05, 0.1) is 0 Å². The quantitative estimate of drug-likeness (QED) is 0.778. The van der Waals surface area contributed by atoms with Gasteiger partial charge in [-0.2, -0.15) is 0 Å². The van der Waals surface area contributed by atoms with Gasteiger partial charge in [0, 0.05) is 11.5 Å². The summed E-state index contributed by atoms with van der Waals surface area (Å²) in [6.45, 7) is -0.139. The molecule has 0 amide bonds. The molecule has 0 radical (unpaired) electrons. The van der Waals surface area contributed by atoms with Gasteiger partial charge in [0.25, 0.3) is 0 Å². The van der Waals surface area contributed by atoms with Crippen LogP contribution < -0.4 is 5.32 Å². The van der Waals surface area contributed by atoms with E-state index >= 15 is 0 Å². The van der Waals surface area contributed by atoms with Crippen LogP contribution >= 0.6 is 0 Å². The molecule has 0 saturated heterocycles. The molecule has 2 rings (SSSR count). The van der Waals surface area contributed by atoms with Crippen LogP contribution in [0, 0.1) is 0 Å². The minimum Gasteiger partial charge on any atom is -0.480 e. The van der Waals surface area contributed by atoms with Gasteiger partial charge in [0.15, 0.2) is 5.88 Å². The molecule has 4 nitrogen and oxygen atoms in total. The van der Waals surface area contributed by atoms with E-state index in [1.165, 1.54) is 0 Å². The Morgan fingerprint density at radius 3 is 2.93 bits per heavy atom. The predicted octanol–water partition coefficient (Wildman–Crippen LogP) is 1.93. The Morgan fingerprint density at radius 1 is 1.43 bits per heavy atom. The first-order valence-electron chi connectivity index (χ1n) is 4.20. The van der Waals surface area contributed by atoms with Crippen LogP contribution in [0.3, 0.4) is 0 Å². The normalized spacial score (nSPS) is 10.3. The lowest BCUT2D eigenvalue weighted by molar-refractivity contribution is -0.134. The molecule has 0 saturated carbocycles. The number of para-hydroxylation sites is 1. The molecule has 0 aliphatic heterocycles. The Hall–Kier alpha value is -1.97. The number of hydrogen-bond donors (Lipinski definition) is 2. The Bertz CT molecular complexity index is 428. The van der Waals surface area contributed by atoms with Gasteiger partial charge < -0.3 is 14.8 Å². The molecule has 4 heteroatoms. The highest BCUT2D eigenvalue weighted by Gasteiger charge is 2.03. The highest BCUT2D eigenvalue weighted by molar-refractivity contribution is 5.81. The molecule has 72 valence electrons. The maximum Gasteiger partial charge on any atom is 0.322 e. The second-order valence-corrected chi connectivity index (χ2v) is 2.90. The van der Waals surface area contributed by atoms with Gasteiger partial charge in [-0.15, -0.1) is 0 Å². The molecule has 0 fully saturated rings. The number of rotatable bonds is 3. The Labute approximate surface area is 80.1 Å². The number of anilines is 1. The summed E-state index contributed by atoms with van der Waals surface area (Å²) in [6.07, 6.45) is 0. The number of aliphatic carboxylic acids is 1. The summed E-state index contributed by atoms with van der Waals surface area (Å²) in [5.41, 5.74) is 0.750. The number of carbonyl (C=O) groups is 1. The fourth-order valence-electron chi connectivity index (χ4n) is 1.23. The first-order valence-corrected chi connectivity index (χ1v) is 4.20. The first-order chi connectivity index (χ1) is 6.75. The van der Waals surface area contributed by atoms with Crippen molar-refractivity contribution < 1.29 is 14.3 Å². The lowest BCUT2D eigenvalue weighted by atomic mass is 10.3. The summed E-state index contributed by atoms with van der Waals surface area (Å²) in [6, 6.07) is 9.29. The third-order valence-corrected chi connectivity index (χ3v) is 1.84. The number of carboxylic acids is 1. The molecule has 0 unspecified atom stereocenters. The van der Waals surface area contributed by atoms with Crippen molar-refractivity contribution in [3.05, 3.63) is 30.3 Å². The number of fused-ring (bicyclic) bond motifs is 1. The summed E-state index contributed by atoms with van der Waals surface area (Å²) in [5.74, 6) is -0.431. The minimum atomic E-state index is -0.912. The Kier molecular flexibility index (Phi) is 2.10. The van der Waals surface area contributed by atoms with Crippen molar-refractivity contribution in [3.63, 3.8) is 0 Å². The molecule has 14 heavy (non-hydrogen) atoms. The lowest BCUT2D eigenvalue weighted by Crippen LogP contribution is -2.11. The molecule has 2 N–H and O–H groups in total. The smallest absolute Gasteiger partial charge is 0.322 e. The van der Waals surface area contributed by atoms with E-state index in [0.29, 0.717) is 5.88 Å². The first kappa shape index (κ1) is 8.62. The molecule has 0 atom stereocenters. The maximum atomic E-state index is 10.3. The maximum absolute atomic E-state index is 10.3. The fourth-order valence-corrected chi connectivity index (χ4v) is 1.23. The van der Waals surface area contributed by atoms with Gasteiger partial charge in [0.2, 0.25) is 0 Å². The van der Waals surface area contributed by atoms with Gasteiger partial charge in [-0.25, -0.2) is 0 Å². The highest BCUT2D eigenvalue weighted by atomic mass is 16.4. The predicted molar refractivity (Wildman–Crippen MR) is 52.3 cm³/mol. The number of benzene rings is 1. The van der Waals surface area contributed by atoms with Crippen LogP contribution in [0.5, 0.6) is 0 Å². The molecular formula is C10H9NO3. The van der Waals surface area contributed by atoms with Gasteiger partial charge in [-0.05, 0) is 6.07 Å². The standard InChI is InChI=1S/C10H9NO3/c12-10(13)6-11-9-5-7-3-1-2-4-8(7)14-9/h1-5,11H,6H2,(H,12,13). The average molecular weight is 191 g/mol. The van der Waals surface area contributed by atoms with E-state index in [0.717, 1.165) is 11.0 Å². The third-order valence-electron chi connectivity index (χ3n) is 1.84. The fraction of sp³-hybridized carbons (Fsp3) is 0.100. The zero-order valence-electron chi connectivity index (χ0n) is 7.36. The van der Waals surface area contributed by atoms with Crippen molar-refractivity contribution in [2.45, 2.75) is 0 Å². The SMILES string of the molecule is O=C(O)CNc1cc2ccccc2o1. The topological polar surface area (TPSA) is 62.5 Å². The second-order valence-electron chi connectivity index (χ2n) is 2.90. The van der Waals surface area contributed by atoms with Crippen molar-refractivity contribution in [3.8, 4) is 0 Å². The van der Waals surface area contributed by atoms with E-state index in [4.69, 9.17) is 9.52 Å². The highest BCUT2D eigenvalue weighted by Crippen LogP contribution is 2.21. The van der Waals surface area contributed by atoms with Gasteiger partial charge in [-0.3, -0.25) is 4.79 Å². The molecule has 1 aromatic heterocycles. The molecule has 0 aliphatic carbocycles. The number of hydrogen-bond acceptors (Lipinski definition) is 3. The van der Waals surface area contributed by atoms with Crippen LogP contribution in [0.2, 0.25) is 0 Å². The number of carboxylic acid groups (broad SMARTS) is 1. The van der Waals surface area contributed by atoms with E-state index in [-0.39, 0.29) is 6.54 Å². The molecule has 0 spiro atoms. The van der Waals surface area contributed by atoms with E-state index in [2.05, 4.69) is 5.32 Å². The van der Waals surface area contributed by atoms with E-state index < -0.39 is 5.97 Å². The van der Waals surface area contributed by atoms with Crippen molar-refractivity contribution in [2.75, 3.05) is 11.9 Å². The lowest BCUT2D eigenvalue weighted by Gasteiger charge is -1.95. The van der Waals surface area contributed by atoms with Crippen molar-refractivity contribution in [2.24, 2.45) is 0 Å². The van der Waals surface area contributed by atoms with Crippen LogP contribution in [-0.2, 0) is 4.79 Å². The Balaban J connectivity index is 2.22. The molecule has 1 heterocycles. The van der Waals surface area contributed by atoms with Crippen molar-refractivity contribution in [1.29, 1.82) is 0 Å². The summed E-state index contributed by atoms with van der Waals surface area (Å²) < 4.78 is 5.34. The zero-order chi connectivity index (χ0) is 9.97. The Morgan fingerprint density at radius 2 is 2.21 bits per heavy atom. The van der Waals surface area contributed by atoms with Gasteiger partial charge in [0.1, 0.15) is 12.1 Å². The monoisotopic (exact) mass is 191 g/mol. The van der Waals surface area contributed by atoms with E-state index in [1.807, 2.05) is 24.3 Å². The molecule has 2 aromatic rings. The average Bonchev–Trinajstić information content (AvgIpc) is 2.57. The summed E-state index contributed by atoms with van der Waals surface area (Å²) >= 11 is 0. The van der Waals surface area contributed by atoms with Crippen LogP contribution in [-0.4, -0.2) is 17.6 Å². The third kappa shape index (κ3) is 1.69. The summed E-state index contributed by atoms with van der Waals surface area (Å²) in [5, 5.41) is 12.1. The largest absolute Gasteiger partial charge is 0.480 e. The van der Waals surface area contributed by atoms with E-state index in [1.54, 1.807) is 6.07 Å². The van der Waals surface area contributed by atoms with E-state index in [9.17, 15) is 4.79 Å². The molecule has 0 aliphatic rings. The molecule has 1 aromatic carbocycles. The van der Waals surface area contributed by atoms with Crippen molar-refractivity contribution in [1.82, 2.24) is 0 Å². The minimum absolute atomic E-state index is 0.139. The summed E-state index contributed by atoms with van der Waals surface area (Å²) in [7, 11) is 0. The summed E-state index contributed by atoms with van der Waals surface area (Å²) in [4.78, 5) is 10.3. The van der Waals surface area contributed by atoms with Crippen LogP contribution in [0.15, 0.2) is 34.7 Å². The van der Waals surface area contributed by atoms with Crippen molar-refractivity contribution >= 4 is 22.8 Å². The molecular weight excluding hydrogens is 182 g/mol. The van der Waals surface area contributed by atoms with Gasteiger partial charge in [-0.1, -0.05) is 18.2 Å². The van der Waals surface area contributed by atoms with Crippen LogP contribution in [0.25, 0.3) is 11.0 Å². The second kappa shape index (κ2) is 3.41. The van der Waals surface area contributed by atoms with Gasteiger partial charge >= 0.3 is 5.97 Å². The van der Waals surface area contributed by atoms with Crippen LogP contribution in [0.1, 0.15) is 0 Å². The zero-order valence-corrected chi connectivity index (χ0v) is 7.36. The number of furan rings is 1. The molecule has 0 bridgehead atoms.